The average molecular weight is 379 g/mol. The number of aryl methyl sites for hydroxylation is 1. The Morgan fingerprint density at radius 1 is 1.37 bits per heavy atom. The molecular weight excluding hydrogens is 362 g/mol. The van der Waals surface area contributed by atoms with Gasteiger partial charge in [0, 0.05) is 55.7 Å². The number of thiophene rings is 1. The Kier molecular flexibility index (Phi) is 4.66. The molecule has 136 valence electrons. The van der Waals surface area contributed by atoms with Gasteiger partial charge in [-0.05, 0) is 12.0 Å². The maximum Gasteiger partial charge on any atom is 0.259 e. The van der Waals surface area contributed by atoms with Crippen molar-refractivity contribution in [3.05, 3.63) is 58.2 Å². The van der Waals surface area contributed by atoms with Gasteiger partial charge in [-0.3, -0.25) is 14.4 Å². The lowest BCUT2D eigenvalue weighted by atomic mass is 10.0. The molecule has 0 bridgehead atoms. The molecule has 1 aliphatic rings. The number of amides is 1. The highest BCUT2D eigenvalue weighted by molar-refractivity contribution is 7.16. The fraction of sp³-hybridized carbons (Fsp3) is 0.278. The van der Waals surface area contributed by atoms with Crippen LogP contribution in [0.3, 0.4) is 0 Å². The molecule has 0 atom stereocenters. The van der Waals surface area contributed by atoms with Crippen molar-refractivity contribution in [2.75, 3.05) is 11.9 Å². The van der Waals surface area contributed by atoms with Gasteiger partial charge in [-0.15, -0.1) is 11.3 Å². The summed E-state index contributed by atoms with van der Waals surface area (Å²) in [6.07, 6.45) is 9.10. The number of hydrogen-bond acceptors (Lipinski definition) is 7. The largest absolute Gasteiger partial charge is 0.312 e. The highest BCUT2D eigenvalue weighted by Gasteiger charge is 2.25. The van der Waals surface area contributed by atoms with E-state index in [1.54, 1.807) is 17.9 Å². The summed E-state index contributed by atoms with van der Waals surface area (Å²) in [7, 11) is 1.76. The molecule has 4 rings (SSSR count). The zero-order valence-electron chi connectivity index (χ0n) is 14.7. The molecule has 0 saturated heterocycles. The van der Waals surface area contributed by atoms with Gasteiger partial charge in [0.1, 0.15) is 17.4 Å². The first kappa shape index (κ1) is 17.3. The summed E-state index contributed by atoms with van der Waals surface area (Å²) in [4.78, 5) is 24.0. The van der Waals surface area contributed by atoms with E-state index in [2.05, 4.69) is 31.4 Å². The molecule has 0 aromatic carbocycles. The third-order valence-electron chi connectivity index (χ3n) is 4.46. The Labute approximate surface area is 160 Å². The number of carbonyl (C=O) groups excluding carboxylic acids is 1. The van der Waals surface area contributed by atoms with Gasteiger partial charge in [0.25, 0.3) is 5.91 Å². The summed E-state index contributed by atoms with van der Waals surface area (Å²) in [5.74, 6) is -0.253. The Morgan fingerprint density at radius 3 is 2.89 bits per heavy atom. The molecule has 0 aliphatic carbocycles. The van der Waals surface area contributed by atoms with Crippen LogP contribution < -0.4 is 5.32 Å². The molecule has 0 saturated carbocycles. The van der Waals surface area contributed by atoms with Crippen molar-refractivity contribution in [1.82, 2.24) is 24.6 Å². The predicted molar refractivity (Wildman–Crippen MR) is 100 cm³/mol. The smallest absolute Gasteiger partial charge is 0.259 e. The van der Waals surface area contributed by atoms with Gasteiger partial charge in [0.2, 0.25) is 0 Å². The van der Waals surface area contributed by atoms with Crippen LogP contribution in [0.25, 0.3) is 0 Å². The maximum absolute atomic E-state index is 12.4. The van der Waals surface area contributed by atoms with E-state index in [0.29, 0.717) is 16.1 Å². The van der Waals surface area contributed by atoms with E-state index in [1.807, 2.05) is 12.4 Å². The van der Waals surface area contributed by atoms with Gasteiger partial charge in [-0.2, -0.15) is 10.4 Å². The number of nitrogens with one attached hydrogen (secondary N) is 1. The number of nitriles is 1. The van der Waals surface area contributed by atoms with Crippen molar-refractivity contribution < 1.29 is 4.79 Å². The van der Waals surface area contributed by atoms with E-state index in [4.69, 9.17) is 0 Å². The van der Waals surface area contributed by atoms with Crippen molar-refractivity contribution in [3.63, 3.8) is 0 Å². The second-order valence-electron chi connectivity index (χ2n) is 6.38. The first-order valence-electron chi connectivity index (χ1n) is 8.45. The third-order valence-corrected chi connectivity index (χ3v) is 5.59. The predicted octanol–water partition coefficient (Wildman–Crippen LogP) is 1.95. The number of fused-ring (bicyclic) bond motifs is 1. The molecule has 4 heterocycles. The molecule has 0 unspecified atom stereocenters. The van der Waals surface area contributed by atoms with Crippen LogP contribution in [0.1, 0.15) is 31.9 Å². The SMILES string of the molecule is Cn1cc(C(=O)Nc2sc3c(c2C#N)CCN(Cc2cncnc2)C3)cn1. The third kappa shape index (κ3) is 3.58. The number of hydrogen-bond donors (Lipinski definition) is 1. The minimum atomic E-state index is -0.253. The molecule has 1 aliphatic heterocycles. The van der Waals surface area contributed by atoms with Gasteiger partial charge < -0.3 is 5.32 Å². The summed E-state index contributed by atoms with van der Waals surface area (Å²) in [5.41, 5.74) is 3.15. The Bertz CT molecular complexity index is 1020. The summed E-state index contributed by atoms with van der Waals surface area (Å²) in [6.45, 7) is 2.35. The second-order valence-corrected chi connectivity index (χ2v) is 7.49. The van der Waals surface area contributed by atoms with Crippen LogP contribution in [0.5, 0.6) is 0 Å². The standard InChI is InChI=1S/C18H17N7OS/c1-24-9-13(7-22-24)17(26)23-18-15(4-19)14-2-3-25(10-16(14)27-18)8-12-5-20-11-21-6-12/h5-7,9,11H,2-3,8,10H2,1H3,(H,23,26). The normalized spacial score (nSPS) is 13.8. The van der Waals surface area contributed by atoms with Crippen LogP contribution in [-0.4, -0.2) is 37.1 Å². The van der Waals surface area contributed by atoms with Crippen LogP contribution in [0.2, 0.25) is 0 Å². The highest BCUT2D eigenvalue weighted by atomic mass is 32.1. The van der Waals surface area contributed by atoms with Gasteiger partial charge in [-0.1, -0.05) is 0 Å². The minimum Gasteiger partial charge on any atom is -0.312 e. The second kappa shape index (κ2) is 7.26. The fourth-order valence-electron chi connectivity index (χ4n) is 3.18. The molecule has 3 aromatic heterocycles. The summed E-state index contributed by atoms with van der Waals surface area (Å²) < 4.78 is 1.57. The molecule has 3 aromatic rings. The quantitative estimate of drug-likeness (QED) is 0.744. The molecule has 0 radical (unpaired) electrons. The molecule has 1 N–H and O–H groups in total. The lowest BCUT2D eigenvalue weighted by Crippen LogP contribution is -2.29. The number of aromatic nitrogens is 4. The van der Waals surface area contributed by atoms with Crippen molar-refractivity contribution >= 4 is 22.2 Å². The molecule has 27 heavy (non-hydrogen) atoms. The Hall–Kier alpha value is -3.09. The highest BCUT2D eigenvalue weighted by Crippen LogP contribution is 2.37. The molecule has 1 amide bonds. The zero-order valence-corrected chi connectivity index (χ0v) is 15.5. The lowest BCUT2D eigenvalue weighted by Gasteiger charge is -2.26. The molecule has 0 fully saturated rings. The van der Waals surface area contributed by atoms with Crippen molar-refractivity contribution in [3.8, 4) is 6.07 Å². The van der Waals surface area contributed by atoms with Crippen LogP contribution in [0.15, 0.2) is 31.1 Å². The van der Waals surface area contributed by atoms with Crippen molar-refractivity contribution in [2.24, 2.45) is 7.05 Å². The van der Waals surface area contributed by atoms with E-state index in [0.717, 1.165) is 42.1 Å². The molecular formula is C18H17N7OS. The number of anilines is 1. The van der Waals surface area contributed by atoms with E-state index in [1.165, 1.54) is 23.9 Å². The molecule has 0 spiro atoms. The molecule has 9 heteroatoms. The lowest BCUT2D eigenvalue weighted by molar-refractivity contribution is 0.102. The first-order valence-corrected chi connectivity index (χ1v) is 9.26. The van der Waals surface area contributed by atoms with Crippen molar-refractivity contribution in [2.45, 2.75) is 19.5 Å². The van der Waals surface area contributed by atoms with E-state index in [-0.39, 0.29) is 5.91 Å². The van der Waals surface area contributed by atoms with E-state index < -0.39 is 0 Å². The van der Waals surface area contributed by atoms with Gasteiger partial charge >= 0.3 is 0 Å². The summed E-state index contributed by atoms with van der Waals surface area (Å²) >= 11 is 1.48. The first-order chi connectivity index (χ1) is 13.1. The number of carbonyl (C=O) groups is 1. The minimum absolute atomic E-state index is 0.253. The van der Waals surface area contributed by atoms with Crippen LogP contribution >= 0.6 is 11.3 Å². The molecule has 8 nitrogen and oxygen atoms in total. The zero-order chi connectivity index (χ0) is 18.8. The Balaban J connectivity index is 1.53. The van der Waals surface area contributed by atoms with E-state index >= 15 is 0 Å². The van der Waals surface area contributed by atoms with Gasteiger partial charge in [-0.25, -0.2) is 9.97 Å². The average Bonchev–Trinajstić information content (AvgIpc) is 3.25. The monoisotopic (exact) mass is 379 g/mol. The van der Waals surface area contributed by atoms with Crippen molar-refractivity contribution in [1.29, 1.82) is 5.26 Å². The fourth-order valence-corrected chi connectivity index (χ4v) is 4.42. The van der Waals surface area contributed by atoms with Crippen LogP contribution in [-0.2, 0) is 26.6 Å². The van der Waals surface area contributed by atoms with Gasteiger partial charge in [0.05, 0.1) is 17.3 Å². The maximum atomic E-state index is 12.4. The summed E-state index contributed by atoms with van der Waals surface area (Å²) in [6, 6.07) is 2.27. The van der Waals surface area contributed by atoms with Gasteiger partial charge in [0.15, 0.2) is 0 Å². The summed E-state index contributed by atoms with van der Waals surface area (Å²) in [5, 5.41) is 17.1. The van der Waals surface area contributed by atoms with E-state index in [9.17, 15) is 10.1 Å². The Morgan fingerprint density at radius 2 is 2.19 bits per heavy atom. The van der Waals surface area contributed by atoms with Crippen LogP contribution in [0, 0.1) is 11.3 Å². The van der Waals surface area contributed by atoms with Crippen LogP contribution in [0.4, 0.5) is 5.00 Å². The number of nitrogens with zero attached hydrogens (tertiary/aromatic N) is 6. The number of rotatable bonds is 4. The topological polar surface area (TPSA) is 99.7 Å².